The van der Waals surface area contributed by atoms with E-state index in [1.54, 1.807) is 46.2 Å². The molecule has 0 fully saturated rings. The van der Waals surface area contributed by atoms with Crippen LogP contribution in [0.5, 0.6) is 0 Å². The maximum Gasteiger partial charge on any atom is 0.263 e. The molecule has 4 heterocycles. The van der Waals surface area contributed by atoms with Crippen molar-refractivity contribution in [1.82, 2.24) is 9.13 Å². The number of aromatic nitrogens is 2. The Labute approximate surface area is 365 Å². The summed E-state index contributed by atoms with van der Waals surface area (Å²) in [6.45, 7) is 0.551. The van der Waals surface area contributed by atoms with Crippen molar-refractivity contribution < 1.29 is 14.7 Å². The van der Waals surface area contributed by atoms with Crippen LogP contribution in [0, 0.1) is 0 Å². The highest BCUT2D eigenvalue weighted by Crippen LogP contribution is 2.49. The van der Waals surface area contributed by atoms with Gasteiger partial charge in [-0.3, -0.25) is 19.4 Å². The molecule has 0 saturated heterocycles. The van der Waals surface area contributed by atoms with Crippen LogP contribution in [0.2, 0.25) is 20.1 Å². The van der Waals surface area contributed by atoms with Gasteiger partial charge in [0, 0.05) is 56.5 Å². The molecule has 0 saturated carbocycles. The van der Waals surface area contributed by atoms with Gasteiger partial charge < -0.3 is 14.2 Å². The molecule has 60 heavy (non-hydrogen) atoms. The molecule has 8 aromatic rings. The van der Waals surface area contributed by atoms with Crippen LogP contribution in [0.25, 0.3) is 45.1 Å². The Morgan fingerprint density at radius 3 is 1.27 bits per heavy atom. The summed E-state index contributed by atoms with van der Waals surface area (Å²) >= 11 is 26.5. The molecule has 0 unspecified atom stereocenters. The molecule has 7 nitrogen and oxygen atoms in total. The number of anilines is 4. The van der Waals surface area contributed by atoms with Crippen LogP contribution < -0.4 is 9.80 Å². The molecule has 0 atom stereocenters. The number of amides is 2. The van der Waals surface area contributed by atoms with Crippen molar-refractivity contribution in [3.63, 3.8) is 0 Å². The molecule has 0 spiro atoms. The number of carbonyl (C=O) groups is 2. The summed E-state index contributed by atoms with van der Waals surface area (Å²) in [5.41, 5.74) is 8.30. The number of fused-ring (bicyclic) bond motifs is 4. The fraction of sp³-hybridized carbons (Fsp3) is 0.0612. The van der Waals surface area contributed by atoms with Gasteiger partial charge in [0.15, 0.2) is 0 Å². The molecule has 2 aliphatic heterocycles. The molecule has 0 radical (unpaired) electrons. The number of nitrogens with zero attached hydrogens (tertiary/aromatic N) is 4. The second-order valence-electron chi connectivity index (χ2n) is 14.7. The lowest BCUT2D eigenvalue weighted by Gasteiger charge is -2.20. The zero-order chi connectivity index (χ0) is 41.2. The van der Waals surface area contributed by atoms with Gasteiger partial charge in [-0.25, -0.2) is 0 Å². The number of benzene rings is 6. The van der Waals surface area contributed by atoms with Crippen molar-refractivity contribution in [2.45, 2.75) is 19.2 Å². The summed E-state index contributed by atoms with van der Waals surface area (Å²) in [5.74, 6) is -0.479. The maximum atomic E-state index is 14.3. The Kier molecular flexibility index (Phi) is 9.67. The van der Waals surface area contributed by atoms with Crippen molar-refractivity contribution >= 4 is 126 Å². The van der Waals surface area contributed by atoms with Crippen molar-refractivity contribution in [3.8, 4) is 0 Å². The molecule has 0 bridgehead atoms. The number of hydrogen-bond acceptors (Lipinski definition) is 3. The molecular formula is C49H32Cl4N4O3. The third-order valence-corrected chi connectivity index (χ3v) is 12.3. The van der Waals surface area contributed by atoms with Crippen molar-refractivity contribution in [2.75, 3.05) is 9.80 Å². The Morgan fingerprint density at radius 1 is 0.483 bits per heavy atom. The van der Waals surface area contributed by atoms with Crippen LogP contribution in [0.3, 0.4) is 0 Å². The van der Waals surface area contributed by atoms with E-state index in [0.717, 1.165) is 44.1 Å². The first-order chi connectivity index (χ1) is 29.2. The van der Waals surface area contributed by atoms with Crippen LogP contribution >= 0.6 is 46.4 Å². The first-order valence-electron chi connectivity index (χ1n) is 19.2. The number of hydrogen-bond donors (Lipinski definition) is 1. The van der Waals surface area contributed by atoms with E-state index in [2.05, 4.69) is 0 Å². The normalized spacial score (nSPS) is 15.1. The van der Waals surface area contributed by atoms with E-state index in [9.17, 15) is 14.7 Å². The fourth-order valence-corrected chi connectivity index (χ4v) is 9.65. The molecule has 2 amide bonds. The van der Waals surface area contributed by atoms with E-state index in [0.29, 0.717) is 54.0 Å². The quantitative estimate of drug-likeness (QED) is 0.155. The summed E-state index contributed by atoms with van der Waals surface area (Å²) in [7, 11) is 0. The van der Waals surface area contributed by atoms with Gasteiger partial charge in [-0.1, -0.05) is 131 Å². The minimum atomic E-state index is -0.809. The molecular weight excluding hydrogens is 834 g/mol. The summed E-state index contributed by atoms with van der Waals surface area (Å²) in [5, 5.41) is 15.2. The van der Waals surface area contributed by atoms with Gasteiger partial charge in [0.05, 0.1) is 73.2 Å². The standard InChI is InChI=1S/C49H32Cl4N4O3/c50-38-15-9-16-39(51)46(38)56-44-21-7-3-13-34(44)36(48(56)59)23-29-25-54(42-19-5-1-11-32(29)42)27-31(58)28-55-26-30(33-12-2-6-20-43(33)55)24-37-35-14-4-8-22-45(35)57(49(37)60)47-40(52)17-10-18-41(47)53/h1-26,31,58H,27-28H2/b36-23-,37-24-. The smallest absolute Gasteiger partial charge is 0.263 e. The van der Waals surface area contributed by atoms with Gasteiger partial charge in [0.25, 0.3) is 11.8 Å². The second-order valence-corrected chi connectivity index (χ2v) is 16.4. The van der Waals surface area contributed by atoms with Crippen LogP contribution in [-0.4, -0.2) is 32.2 Å². The summed E-state index contributed by atoms with van der Waals surface area (Å²) in [4.78, 5) is 31.7. The Balaban J connectivity index is 0.975. The average molecular weight is 867 g/mol. The first kappa shape index (κ1) is 38.2. The number of halogens is 4. The molecule has 0 aliphatic carbocycles. The van der Waals surface area contributed by atoms with Gasteiger partial charge in [-0.05, 0) is 60.7 Å². The number of para-hydroxylation sites is 6. The van der Waals surface area contributed by atoms with Gasteiger partial charge in [0.2, 0.25) is 0 Å². The van der Waals surface area contributed by atoms with E-state index >= 15 is 0 Å². The highest BCUT2D eigenvalue weighted by atomic mass is 35.5. The Bertz CT molecular complexity index is 2900. The average Bonchev–Trinajstić information content (AvgIpc) is 3.94. The van der Waals surface area contributed by atoms with Crippen LogP contribution in [0.15, 0.2) is 146 Å². The summed E-state index contributed by atoms with van der Waals surface area (Å²) in [6, 6.07) is 41.5. The lowest BCUT2D eigenvalue weighted by atomic mass is 10.0. The van der Waals surface area contributed by atoms with E-state index in [1.165, 1.54) is 0 Å². The molecule has 6 aromatic carbocycles. The minimum absolute atomic E-state index is 0.239. The molecule has 2 aliphatic rings. The number of carbonyl (C=O) groups excluding carboxylic acids is 2. The highest BCUT2D eigenvalue weighted by molar-refractivity contribution is 6.46. The van der Waals surface area contributed by atoms with E-state index in [4.69, 9.17) is 46.4 Å². The van der Waals surface area contributed by atoms with Crippen molar-refractivity contribution in [3.05, 3.63) is 188 Å². The van der Waals surface area contributed by atoms with Gasteiger partial charge in [-0.15, -0.1) is 0 Å². The summed E-state index contributed by atoms with van der Waals surface area (Å²) < 4.78 is 4.05. The zero-order valence-corrected chi connectivity index (χ0v) is 34.6. The topological polar surface area (TPSA) is 70.7 Å². The number of aliphatic hydroxyl groups is 1. The molecule has 2 aromatic heterocycles. The maximum absolute atomic E-state index is 14.3. The molecule has 11 heteroatoms. The predicted octanol–water partition coefficient (Wildman–Crippen LogP) is 12.7. The molecule has 10 rings (SSSR count). The second kappa shape index (κ2) is 15.2. The van der Waals surface area contributed by atoms with E-state index < -0.39 is 6.10 Å². The lowest BCUT2D eigenvalue weighted by Crippen LogP contribution is -2.21. The first-order valence-corrected chi connectivity index (χ1v) is 20.7. The van der Waals surface area contributed by atoms with Gasteiger partial charge >= 0.3 is 0 Å². The Hall–Kier alpha value is -6.06. The van der Waals surface area contributed by atoms with Crippen molar-refractivity contribution in [2.24, 2.45) is 0 Å². The van der Waals surface area contributed by atoms with Crippen LogP contribution in [0.4, 0.5) is 22.7 Å². The molecule has 294 valence electrons. The van der Waals surface area contributed by atoms with Gasteiger partial charge in [0.1, 0.15) is 0 Å². The number of aliphatic hydroxyl groups excluding tert-OH is 1. The SMILES string of the molecule is O=C1/C(=C\c2cn(CC(O)Cn3cc(/C=C4\C(=O)N(c5c(Cl)cccc5Cl)c5ccccc54)c4ccccc43)c3ccccc23)c2ccccc2N1c1c(Cl)cccc1Cl. The lowest BCUT2D eigenvalue weighted by molar-refractivity contribution is -0.113. The van der Waals surface area contributed by atoms with E-state index in [-0.39, 0.29) is 24.9 Å². The fourth-order valence-electron chi connectivity index (χ4n) is 8.52. The number of rotatable bonds is 8. The third kappa shape index (κ3) is 6.33. The van der Waals surface area contributed by atoms with E-state index in [1.807, 2.05) is 131 Å². The van der Waals surface area contributed by atoms with Crippen LogP contribution in [-0.2, 0) is 22.7 Å². The Morgan fingerprint density at radius 2 is 0.850 bits per heavy atom. The monoisotopic (exact) mass is 864 g/mol. The zero-order valence-electron chi connectivity index (χ0n) is 31.6. The minimum Gasteiger partial charge on any atom is -0.389 e. The third-order valence-electron chi connectivity index (χ3n) is 11.1. The van der Waals surface area contributed by atoms with Gasteiger partial charge in [-0.2, -0.15) is 0 Å². The van der Waals surface area contributed by atoms with Crippen molar-refractivity contribution in [1.29, 1.82) is 0 Å². The highest BCUT2D eigenvalue weighted by Gasteiger charge is 2.37. The molecule has 1 N–H and O–H groups in total. The largest absolute Gasteiger partial charge is 0.389 e. The van der Waals surface area contributed by atoms with Crippen LogP contribution in [0.1, 0.15) is 22.3 Å². The predicted molar refractivity (Wildman–Crippen MR) is 246 cm³/mol. The summed E-state index contributed by atoms with van der Waals surface area (Å²) in [6.07, 6.45) is 6.95.